The largest absolute Gasteiger partial charge is 0.473 e. The molecule has 0 aliphatic rings. The second-order valence-electron chi connectivity index (χ2n) is 4.87. The van der Waals surface area contributed by atoms with Crippen molar-refractivity contribution in [3.8, 4) is 5.75 Å². The first kappa shape index (κ1) is 19.5. The quantitative estimate of drug-likeness (QED) is 0.359. The van der Waals surface area contributed by atoms with E-state index >= 15 is 0 Å². The van der Waals surface area contributed by atoms with Crippen LogP contribution in [0.5, 0.6) is 5.75 Å². The highest BCUT2D eigenvalue weighted by atomic mass is 35.5. The van der Waals surface area contributed by atoms with Crippen molar-refractivity contribution in [3.05, 3.63) is 26.7 Å². The number of carboxylic acids is 1. The Kier molecular flexibility index (Phi) is 7.12. The van der Waals surface area contributed by atoms with Crippen LogP contribution in [0.15, 0.2) is 6.07 Å². The summed E-state index contributed by atoms with van der Waals surface area (Å²) in [7, 11) is 0. The number of halogens is 3. The summed E-state index contributed by atoms with van der Waals surface area (Å²) >= 11 is 17.6. The molecule has 1 aromatic carbocycles. The third-order valence-electron chi connectivity index (χ3n) is 2.63. The maximum absolute atomic E-state index is 12.2. The third kappa shape index (κ3) is 5.27. The first-order chi connectivity index (χ1) is 10.6. The molecule has 6 nitrogen and oxygen atoms in total. The Bertz CT molecular complexity index is 642. The molecule has 0 bridgehead atoms. The van der Waals surface area contributed by atoms with Crippen LogP contribution in [0, 0.1) is 5.92 Å². The van der Waals surface area contributed by atoms with Crippen LogP contribution in [0.1, 0.15) is 30.6 Å². The smallest absolute Gasteiger partial charge is 0.422 e. The average Bonchev–Trinajstić information content (AvgIpc) is 2.44. The molecule has 0 unspecified atom stereocenters. The number of ether oxygens (including phenoxy) is 2. The Morgan fingerprint density at radius 3 is 2.30 bits per heavy atom. The van der Waals surface area contributed by atoms with Crippen molar-refractivity contribution < 1.29 is 29.0 Å². The van der Waals surface area contributed by atoms with E-state index in [0.29, 0.717) is 12.3 Å². The molecule has 0 aliphatic carbocycles. The van der Waals surface area contributed by atoms with Gasteiger partial charge in [-0.15, -0.1) is 0 Å². The van der Waals surface area contributed by atoms with Gasteiger partial charge in [0.05, 0.1) is 21.7 Å². The van der Waals surface area contributed by atoms with E-state index in [0.717, 1.165) is 6.07 Å². The van der Waals surface area contributed by atoms with E-state index in [2.05, 4.69) is 4.74 Å². The number of carboxylic acid groups (broad SMARTS) is 1. The van der Waals surface area contributed by atoms with E-state index in [1.807, 2.05) is 13.8 Å². The minimum atomic E-state index is -1.86. The third-order valence-corrected chi connectivity index (χ3v) is 3.70. The maximum atomic E-state index is 12.2. The second kappa shape index (κ2) is 8.38. The number of esters is 2. The normalized spacial score (nSPS) is 10.5. The van der Waals surface area contributed by atoms with Gasteiger partial charge < -0.3 is 14.6 Å². The van der Waals surface area contributed by atoms with Crippen LogP contribution in [-0.2, 0) is 14.3 Å². The maximum Gasteiger partial charge on any atom is 0.422 e. The summed E-state index contributed by atoms with van der Waals surface area (Å²) in [5.74, 6) is -4.62. The molecular weight excluding hydrogens is 371 g/mol. The summed E-state index contributed by atoms with van der Waals surface area (Å²) in [5.41, 5.74) is -0.400. The number of carbonyl (C=O) groups is 3. The number of hydrogen-bond acceptors (Lipinski definition) is 5. The molecule has 0 radical (unpaired) electrons. The fourth-order valence-electron chi connectivity index (χ4n) is 1.46. The van der Waals surface area contributed by atoms with Crippen molar-refractivity contribution >= 4 is 52.7 Å². The van der Waals surface area contributed by atoms with E-state index in [9.17, 15) is 14.4 Å². The van der Waals surface area contributed by atoms with Gasteiger partial charge in [0.25, 0.3) is 0 Å². The van der Waals surface area contributed by atoms with Gasteiger partial charge in [0.2, 0.25) is 0 Å². The molecule has 126 valence electrons. The number of benzene rings is 1. The summed E-state index contributed by atoms with van der Waals surface area (Å²) < 4.78 is 9.64. The van der Waals surface area contributed by atoms with Crippen LogP contribution in [0.3, 0.4) is 0 Å². The second-order valence-corrected chi connectivity index (χ2v) is 6.06. The Balaban J connectivity index is 3.19. The van der Waals surface area contributed by atoms with Crippen molar-refractivity contribution in [3.63, 3.8) is 0 Å². The minimum Gasteiger partial charge on any atom is -0.473 e. The first-order valence-corrected chi connectivity index (χ1v) is 7.58. The Morgan fingerprint density at radius 2 is 1.78 bits per heavy atom. The van der Waals surface area contributed by atoms with Gasteiger partial charge in [0.15, 0.2) is 5.75 Å². The molecule has 0 atom stereocenters. The van der Waals surface area contributed by atoms with Crippen molar-refractivity contribution in [1.29, 1.82) is 0 Å². The summed E-state index contributed by atoms with van der Waals surface area (Å²) in [5, 5.41) is 8.03. The van der Waals surface area contributed by atoms with Gasteiger partial charge in [-0.1, -0.05) is 48.7 Å². The molecule has 1 aromatic rings. The van der Waals surface area contributed by atoms with E-state index in [-0.39, 0.29) is 21.7 Å². The van der Waals surface area contributed by atoms with Gasteiger partial charge >= 0.3 is 17.9 Å². The first-order valence-electron chi connectivity index (χ1n) is 6.44. The monoisotopic (exact) mass is 382 g/mol. The van der Waals surface area contributed by atoms with Gasteiger partial charge in [-0.2, -0.15) is 0 Å². The molecule has 0 heterocycles. The Hall–Kier alpha value is -1.50. The van der Waals surface area contributed by atoms with Crippen LogP contribution in [-0.4, -0.2) is 29.6 Å². The molecule has 0 saturated heterocycles. The van der Waals surface area contributed by atoms with Crippen molar-refractivity contribution in [2.45, 2.75) is 20.3 Å². The van der Waals surface area contributed by atoms with Crippen LogP contribution in [0.25, 0.3) is 0 Å². The highest BCUT2D eigenvalue weighted by molar-refractivity contribution is 6.46. The molecule has 0 aliphatic heterocycles. The molecule has 1 N–H and O–H groups in total. The van der Waals surface area contributed by atoms with E-state index in [1.54, 1.807) is 0 Å². The van der Waals surface area contributed by atoms with Crippen LogP contribution < -0.4 is 4.74 Å². The molecule has 1 rings (SSSR count). The van der Waals surface area contributed by atoms with Gasteiger partial charge in [-0.05, 0) is 18.4 Å². The van der Waals surface area contributed by atoms with Gasteiger partial charge in [-0.3, -0.25) is 0 Å². The summed E-state index contributed by atoms with van der Waals surface area (Å²) in [6, 6.07) is 1.13. The van der Waals surface area contributed by atoms with Crippen LogP contribution in [0.2, 0.25) is 15.1 Å². The lowest BCUT2D eigenvalue weighted by Crippen LogP contribution is -2.21. The lowest BCUT2D eigenvalue weighted by atomic mass is 10.1. The zero-order chi connectivity index (χ0) is 17.7. The number of carbonyl (C=O) groups excluding carboxylic acids is 2. The molecule has 0 saturated carbocycles. The summed E-state index contributed by atoms with van der Waals surface area (Å²) in [6.45, 7) is 3.98. The molecule has 0 fully saturated rings. The predicted molar refractivity (Wildman–Crippen MR) is 84.5 cm³/mol. The predicted octanol–water partition coefficient (Wildman–Crippen LogP) is 3.84. The summed E-state index contributed by atoms with van der Waals surface area (Å²) in [6.07, 6.45) is 0.599. The molecule has 0 spiro atoms. The molecular formula is C14H13Cl3O6. The van der Waals surface area contributed by atoms with Crippen LogP contribution in [0.4, 0.5) is 0 Å². The van der Waals surface area contributed by atoms with E-state index < -0.39 is 29.2 Å². The average molecular weight is 384 g/mol. The minimum absolute atomic E-state index is 0.0670. The highest BCUT2D eigenvalue weighted by Crippen LogP contribution is 2.39. The fourth-order valence-corrected chi connectivity index (χ4v) is 2.18. The highest BCUT2D eigenvalue weighted by Gasteiger charge is 2.27. The molecule has 0 amide bonds. The lowest BCUT2D eigenvalue weighted by molar-refractivity contribution is -0.158. The number of aliphatic carboxylic acids is 1. The number of rotatable bonds is 5. The molecule has 23 heavy (non-hydrogen) atoms. The Labute approximate surface area is 147 Å². The Morgan fingerprint density at radius 1 is 1.17 bits per heavy atom. The zero-order valence-electron chi connectivity index (χ0n) is 12.2. The summed E-state index contributed by atoms with van der Waals surface area (Å²) in [4.78, 5) is 34.0. The van der Waals surface area contributed by atoms with Gasteiger partial charge in [-0.25, -0.2) is 14.4 Å². The van der Waals surface area contributed by atoms with Crippen molar-refractivity contribution in [2.24, 2.45) is 5.92 Å². The van der Waals surface area contributed by atoms with Crippen LogP contribution >= 0.6 is 34.8 Å². The standard InChI is InChI=1S/C14H13Cl3O6/c1-6(2)3-4-22-13(20)9-10(17)7(15)5-8(16)11(9)23-14(21)12(18)19/h5-6H,3-4H2,1-2H3,(H,18,19). The number of hydrogen-bond donors (Lipinski definition) is 1. The lowest BCUT2D eigenvalue weighted by Gasteiger charge is -2.13. The van der Waals surface area contributed by atoms with Gasteiger partial charge in [0, 0.05) is 0 Å². The van der Waals surface area contributed by atoms with E-state index in [1.165, 1.54) is 0 Å². The SMILES string of the molecule is CC(C)CCOC(=O)c1c(Cl)c(Cl)cc(Cl)c1OC(=O)C(=O)O. The fraction of sp³-hybridized carbons (Fsp3) is 0.357. The molecule has 0 aromatic heterocycles. The van der Waals surface area contributed by atoms with Crippen molar-refractivity contribution in [1.82, 2.24) is 0 Å². The zero-order valence-corrected chi connectivity index (χ0v) is 14.5. The topological polar surface area (TPSA) is 89.9 Å². The van der Waals surface area contributed by atoms with Crippen molar-refractivity contribution in [2.75, 3.05) is 6.61 Å². The molecule has 9 heteroatoms. The van der Waals surface area contributed by atoms with Gasteiger partial charge in [0.1, 0.15) is 5.56 Å². The van der Waals surface area contributed by atoms with E-state index in [4.69, 9.17) is 44.6 Å².